The van der Waals surface area contributed by atoms with Gasteiger partial charge in [0.1, 0.15) is 11.9 Å². The second kappa shape index (κ2) is 8.28. The molecule has 178 valence electrons. The number of ether oxygens (including phenoxy) is 1. The van der Waals surface area contributed by atoms with E-state index in [1.165, 1.54) is 17.5 Å². The van der Waals surface area contributed by atoms with Crippen LogP contribution in [-0.4, -0.2) is 34.8 Å². The summed E-state index contributed by atoms with van der Waals surface area (Å²) in [7, 11) is -3.38. The third-order valence-corrected chi connectivity index (χ3v) is 9.66. The summed E-state index contributed by atoms with van der Waals surface area (Å²) in [6, 6.07) is 6.83. The zero-order chi connectivity index (χ0) is 23.5. The highest BCUT2D eigenvalue weighted by molar-refractivity contribution is 6.70. The molecule has 0 aromatic heterocycles. The van der Waals surface area contributed by atoms with E-state index in [2.05, 4.69) is 64.4 Å². The summed E-state index contributed by atoms with van der Waals surface area (Å²) in [5, 5.41) is 0. The van der Waals surface area contributed by atoms with Crippen LogP contribution in [0.15, 0.2) is 18.2 Å². The average Bonchev–Trinajstić information content (AvgIpc) is 2.94. The molecule has 1 aromatic carbocycles. The predicted molar refractivity (Wildman–Crippen MR) is 134 cm³/mol. The van der Waals surface area contributed by atoms with Gasteiger partial charge in [0.25, 0.3) is 0 Å². The molecule has 0 radical (unpaired) electrons. The molecule has 2 unspecified atom stereocenters. The lowest BCUT2D eigenvalue weighted by atomic mass is 9.54. The van der Waals surface area contributed by atoms with Gasteiger partial charge in [0.15, 0.2) is 8.32 Å². The normalized spacial score (nSPS) is 34.3. The lowest BCUT2D eigenvalue weighted by Gasteiger charge is -2.54. The molecular formula is C26H42O4Si2. The Morgan fingerprint density at radius 3 is 2.38 bits per heavy atom. The second-order valence-electron chi connectivity index (χ2n) is 12.6. The molecule has 0 amide bonds. The van der Waals surface area contributed by atoms with Crippen molar-refractivity contribution in [2.75, 3.05) is 0 Å². The summed E-state index contributed by atoms with van der Waals surface area (Å²) in [6.45, 7) is 17.5. The van der Waals surface area contributed by atoms with E-state index < -0.39 is 16.6 Å². The van der Waals surface area contributed by atoms with Crippen molar-refractivity contribution in [3.63, 3.8) is 0 Å². The molecule has 0 bridgehead atoms. The van der Waals surface area contributed by atoms with Gasteiger partial charge in [0.2, 0.25) is 8.32 Å². The van der Waals surface area contributed by atoms with Crippen molar-refractivity contribution in [1.29, 1.82) is 0 Å². The van der Waals surface area contributed by atoms with Gasteiger partial charge in [-0.05, 0) is 106 Å². The molecule has 0 heterocycles. The maximum Gasteiger partial charge on any atom is 0.302 e. The minimum atomic E-state index is -1.74. The number of esters is 1. The van der Waals surface area contributed by atoms with Crippen molar-refractivity contribution >= 4 is 22.6 Å². The molecule has 6 atom stereocenters. The van der Waals surface area contributed by atoms with E-state index in [0.717, 1.165) is 31.4 Å². The predicted octanol–water partition coefficient (Wildman–Crippen LogP) is 6.52. The largest absolute Gasteiger partial charge is 0.544 e. The molecule has 2 fully saturated rings. The van der Waals surface area contributed by atoms with Crippen LogP contribution in [0.1, 0.15) is 56.6 Å². The topological polar surface area (TPSA) is 44.8 Å². The van der Waals surface area contributed by atoms with Crippen LogP contribution >= 0.6 is 0 Å². The average molecular weight is 475 g/mol. The van der Waals surface area contributed by atoms with Crippen LogP contribution in [0.3, 0.4) is 0 Å². The van der Waals surface area contributed by atoms with Crippen LogP contribution in [0.2, 0.25) is 39.3 Å². The lowest BCUT2D eigenvalue weighted by molar-refractivity contribution is -0.158. The summed E-state index contributed by atoms with van der Waals surface area (Å²) >= 11 is 0. The second-order valence-corrected chi connectivity index (χ2v) is 21.5. The number of rotatable bonds is 5. The van der Waals surface area contributed by atoms with Gasteiger partial charge < -0.3 is 13.6 Å². The summed E-state index contributed by atoms with van der Waals surface area (Å²) in [6.07, 6.45) is 5.62. The van der Waals surface area contributed by atoms with Crippen LogP contribution in [0, 0.1) is 17.3 Å². The van der Waals surface area contributed by atoms with Gasteiger partial charge in [-0.25, -0.2) is 0 Å². The Balaban J connectivity index is 1.71. The van der Waals surface area contributed by atoms with Crippen molar-refractivity contribution in [2.24, 2.45) is 17.3 Å². The number of fused-ring (bicyclic) bond motifs is 5. The van der Waals surface area contributed by atoms with E-state index in [-0.39, 0.29) is 23.6 Å². The molecule has 4 nitrogen and oxygen atoms in total. The first-order valence-corrected chi connectivity index (χ1v) is 19.3. The van der Waals surface area contributed by atoms with Gasteiger partial charge in [0, 0.05) is 18.3 Å². The summed E-state index contributed by atoms with van der Waals surface area (Å²) < 4.78 is 19.1. The SMILES string of the molecule is CC(=O)OC1CC[C@H]2[C@@H]3CCc4cc(O[Si](C)(C)C)ccc4[C@H]3C(O[Si](C)(C)C)C[C@]12C. The van der Waals surface area contributed by atoms with Crippen molar-refractivity contribution < 1.29 is 18.4 Å². The van der Waals surface area contributed by atoms with E-state index >= 15 is 0 Å². The molecule has 32 heavy (non-hydrogen) atoms. The van der Waals surface area contributed by atoms with E-state index in [0.29, 0.717) is 17.8 Å². The molecule has 0 aliphatic heterocycles. The van der Waals surface area contributed by atoms with Gasteiger partial charge in [-0.2, -0.15) is 0 Å². The Kier molecular flexibility index (Phi) is 6.21. The minimum absolute atomic E-state index is 0.00947. The van der Waals surface area contributed by atoms with E-state index in [1.807, 2.05) is 0 Å². The zero-order valence-electron chi connectivity index (χ0n) is 21.3. The third kappa shape index (κ3) is 4.73. The third-order valence-electron chi connectivity index (χ3n) is 7.80. The molecule has 0 spiro atoms. The van der Waals surface area contributed by atoms with Crippen LogP contribution in [-0.2, 0) is 20.4 Å². The number of aryl methyl sites for hydroxylation is 1. The van der Waals surface area contributed by atoms with Crippen molar-refractivity contribution in [3.05, 3.63) is 29.3 Å². The van der Waals surface area contributed by atoms with Crippen LogP contribution in [0.4, 0.5) is 0 Å². The summed E-state index contributed by atoms with van der Waals surface area (Å²) in [5.74, 6) is 2.49. The fraction of sp³-hybridized carbons (Fsp3) is 0.731. The first kappa shape index (κ1) is 24.0. The van der Waals surface area contributed by atoms with E-state index in [9.17, 15) is 4.79 Å². The highest BCUT2D eigenvalue weighted by Gasteiger charge is 2.59. The van der Waals surface area contributed by atoms with E-state index in [4.69, 9.17) is 13.6 Å². The maximum absolute atomic E-state index is 11.8. The number of carbonyl (C=O) groups is 1. The van der Waals surface area contributed by atoms with Crippen LogP contribution in [0.5, 0.6) is 5.75 Å². The molecule has 3 aliphatic carbocycles. The molecule has 4 rings (SSSR count). The van der Waals surface area contributed by atoms with Gasteiger partial charge in [-0.15, -0.1) is 0 Å². The highest BCUT2D eigenvalue weighted by Crippen LogP contribution is 2.62. The van der Waals surface area contributed by atoms with E-state index in [1.54, 1.807) is 6.92 Å². The monoisotopic (exact) mass is 474 g/mol. The zero-order valence-corrected chi connectivity index (χ0v) is 23.3. The standard InChI is InChI=1S/C26H42O4Si2/c1-17(27)28-24-14-13-22-21-11-9-18-15-19(29-31(3,4)5)10-12-20(18)25(21)23(16-26(22,24)2)30-32(6,7)8/h10,12,15,21-25H,9,11,13-14,16H2,1-8H3/t21-,22-,23?,24?,25+,26-/m0/s1. The Hall–Kier alpha value is -1.12. The van der Waals surface area contributed by atoms with Crippen LogP contribution in [0.25, 0.3) is 0 Å². The Morgan fingerprint density at radius 2 is 1.75 bits per heavy atom. The summed E-state index contributed by atoms with van der Waals surface area (Å²) in [4.78, 5) is 11.8. The van der Waals surface area contributed by atoms with Crippen molar-refractivity contribution in [2.45, 2.75) is 103 Å². The molecule has 6 heteroatoms. The quantitative estimate of drug-likeness (QED) is 0.360. The van der Waals surface area contributed by atoms with Gasteiger partial charge in [-0.3, -0.25) is 4.79 Å². The fourth-order valence-corrected chi connectivity index (χ4v) is 8.91. The lowest BCUT2D eigenvalue weighted by Crippen LogP contribution is -2.53. The first-order chi connectivity index (χ1) is 14.8. The molecule has 1 aromatic rings. The van der Waals surface area contributed by atoms with Gasteiger partial charge in [0.05, 0.1) is 6.10 Å². The Labute approximate surface area is 196 Å². The Morgan fingerprint density at radius 1 is 1.03 bits per heavy atom. The molecule has 0 saturated heterocycles. The smallest absolute Gasteiger partial charge is 0.302 e. The van der Waals surface area contributed by atoms with Gasteiger partial charge >= 0.3 is 5.97 Å². The number of benzene rings is 1. The van der Waals surface area contributed by atoms with Crippen molar-refractivity contribution in [1.82, 2.24) is 0 Å². The highest BCUT2D eigenvalue weighted by atomic mass is 28.4. The number of carbonyl (C=O) groups excluding carboxylic acids is 1. The first-order valence-electron chi connectivity index (χ1n) is 12.4. The minimum Gasteiger partial charge on any atom is -0.544 e. The van der Waals surface area contributed by atoms with Crippen LogP contribution < -0.4 is 4.43 Å². The number of hydrogen-bond donors (Lipinski definition) is 0. The fourth-order valence-electron chi connectivity index (χ4n) is 6.94. The molecule has 0 N–H and O–H groups in total. The molecule has 3 aliphatic rings. The molecule has 2 saturated carbocycles. The summed E-state index contributed by atoms with van der Waals surface area (Å²) in [5.41, 5.74) is 2.94. The van der Waals surface area contributed by atoms with Gasteiger partial charge in [-0.1, -0.05) is 13.0 Å². The Bertz CT molecular complexity index is 872. The molecular weight excluding hydrogens is 432 g/mol. The number of hydrogen-bond acceptors (Lipinski definition) is 4. The van der Waals surface area contributed by atoms with Crippen molar-refractivity contribution in [3.8, 4) is 5.75 Å². The maximum atomic E-state index is 11.8.